The Hall–Kier alpha value is -1.11. The summed E-state index contributed by atoms with van der Waals surface area (Å²) in [5.41, 5.74) is 3.44. The van der Waals surface area contributed by atoms with Gasteiger partial charge in [0.15, 0.2) is 0 Å². The van der Waals surface area contributed by atoms with Crippen molar-refractivity contribution in [2.45, 2.75) is 13.8 Å². The van der Waals surface area contributed by atoms with E-state index in [1.54, 1.807) is 6.08 Å². The highest BCUT2D eigenvalue weighted by molar-refractivity contribution is 5.43. The van der Waals surface area contributed by atoms with Crippen LogP contribution in [0.5, 0.6) is 0 Å². The maximum atomic E-state index is 4.14. The van der Waals surface area contributed by atoms with Crippen molar-refractivity contribution in [3.05, 3.63) is 35.7 Å². The molecule has 0 aliphatic carbocycles. The van der Waals surface area contributed by atoms with Crippen molar-refractivity contribution < 1.29 is 0 Å². The summed E-state index contributed by atoms with van der Waals surface area (Å²) in [5.74, 6) is 0. The van der Waals surface area contributed by atoms with E-state index in [0.29, 0.717) is 0 Å². The average Bonchev–Trinajstić information content (AvgIpc) is 1.95. The van der Waals surface area contributed by atoms with Crippen LogP contribution in [0.4, 0.5) is 0 Å². The predicted molar refractivity (Wildman–Crippen MR) is 43.8 cm³/mol. The van der Waals surface area contributed by atoms with E-state index in [4.69, 9.17) is 0 Å². The highest BCUT2D eigenvalue weighted by atomic mass is 14.7. The van der Waals surface area contributed by atoms with Gasteiger partial charge in [0.2, 0.25) is 0 Å². The molecule has 0 aromatic carbocycles. The summed E-state index contributed by atoms with van der Waals surface area (Å²) in [6.07, 6.45) is 3.62. The lowest BCUT2D eigenvalue weighted by Crippen LogP contribution is -1.85. The minimum absolute atomic E-state index is 0.947. The zero-order chi connectivity index (χ0) is 7.56. The van der Waals surface area contributed by atoms with Gasteiger partial charge in [-0.3, -0.25) is 4.98 Å². The SMILES string of the molecule is C=Cc1cc(C)c(C)cn1. The zero-order valence-electron chi connectivity index (χ0n) is 6.39. The predicted octanol–water partition coefficient (Wildman–Crippen LogP) is 2.34. The van der Waals surface area contributed by atoms with E-state index >= 15 is 0 Å². The lowest BCUT2D eigenvalue weighted by Gasteiger charge is -1.98. The van der Waals surface area contributed by atoms with Crippen LogP contribution in [0.15, 0.2) is 18.8 Å². The Kier molecular flexibility index (Phi) is 1.86. The van der Waals surface area contributed by atoms with Crippen LogP contribution in [-0.4, -0.2) is 4.98 Å². The molecule has 1 aromatic heterocycles. The van der Waals surface area contributed by atoms with E-state index in [1.807, 2.05) is 12.3 Å². The number of aromatic nitrogens is 1. The van der Waals surface area contributed by atoms with Crippen molar-refractivity contribution in [3.63, 3.8) is 0 Å². The van der Waals surface area contributed by atoms with Gasteiger partial charge in [-0.05, 0) is 37.1 Å². The number of pyridine rings is 1. The fourth-order valence-corrected chi connectivity index (χ4v) is 0.758. The maximum Gasteiger partial charge on any atom is 0.0626 e. The first kappa shape index (κ1) is 7.00. The molecule has 0 fully saturated rings. The molecule has 0 aliphatic rings. The molecule has 0 unspecified atom stereocenters. The summed E-state index contributed by atoms with van der Waals surface area (Å²) in [7, 11) is 0. The van der Waals surface area contributed by atoms with Gasteiger partial charge in [-0.2, -0.15) is 0 Å². The first-order valence-electron chi connectivity index (χ1n) is 3.29. The standard InChI is InChI=1S/C9H11N/c1-4-9-5-7(2)8(3)6-10-9/h4-6H,1H2,2-3H3. The number of nitrogens with zero attached hydrogens (tertiary/aromatic N) is 1. The Morgan fingerprint density at radius 1 is 1.40 bits per heavy atom. The molecule has 0 amide bonds. The monoisotopic (exact) mass is 133 g/mol. The fraction of sp³-hybridized carbons (Fsp3) is 0.222. The second kappa shape index (κ2) is 2.65. The van der Waals surface area contributed by atoms with E-state index in [-0.39, 0.29) is 0 Å². The second-order valence-corrected chi connectivity index (χ2v) is 2.40. The molecule has 52 valence electrons. The van der Waals surface area contributed by atoms with E-state index in [0.717, 1.165) is 5.69 Å². The number of aryl methyl sites for hydroxylation is 2. The van der Waals surface area contributed by atoms with Crippen LogP contribution >= 0.6 is 0 Å². The summed E-state index contributed by atoms with van der Waals surface area (Å²) >= 11 is 0. The van der Waals surface area contributed by atoms with Crippen LogP contribution < -0.4 is 0 Å². The number of hydrogen-bond acceptors (Lipinski definition) is 1. The lowest BCUT2D eigenvalue weighted by molar-refractivity contribution is 1.20. The summed E-state index contributed by atoms with van der Waals surface area (Å²) in [5, 5.41) is 0. The minimum Gasteiger partial charge on any atom is -0.257 e. The molecule has 0 aliphatic heterocycles. The van der Waals surface area contributed by atoms with Gasteiger partial charge in [0.05, 0.1) is 5.69 Å². The van der Waals surface area contributed by atoms with Crippen molar-refractivity contribution in [1.29, 1.82) is 0 Å². The normalized spacial score (nSPS) is 9.40. The second-order valence-electron chi connectivity index (χ2n) is 2.40. The molecular weight excluding hydrogens is 122 g/mol. The highest BCUT2D eigenvalue weighted by Gasteiger charge is 1.91. The van der Waals surface area contributed by atoms with Crippen LogP contribution in [0, 0.1) is 13.8 Å². The van der Waals surface area contributed by atoms with Crippen LogP contribution in [0.25, 0.3) is 6.08 Å². The highest BCUT2D eigenvalue weighted by Crippen LogP contribution is 2.06. The molecule has 0 saturated carbocycles. The van der Waals surface area contributed by atoms with Crippen molar-refractivity contribution >= 4 is 6.08 Å². The van der Waals surface area contributed by atoms with Gasteiger partial charge in [0, 0.05) is 6.20 Å². The minimum atomic E-state index is 0.947. The third kappa shape index (κ3) is 1.24. The summed E-state index contributed by atoms with van der Waals surface area (Å²) in [6.45, 7) is 7.76. The van der Waals surface area contributed by atoms with Gasteiger partial charge in [-0.1, -0.05) is 6.58 Å². The molecule has 1 heteroatoms. The first-order chi connectivity index (χ1) is 4.74. The van der Waals surface area contributed by atoms with Gasteiger partial charge in [-0.15, -0.1) is 0 Å². The Labute approximate surface area is 61.4 Å². The maximum absolute atomic E-state index is 4.14. The third-order valence-corrected chi connectivity index (χ3v) is 1.60. The Balaban J connectivity index is 3.16. The molecule has 1 nitrogen and oxygen atoms in total. The topological polar surface area (TPSA) is 12.9 Å². The molecule has 0 saturated heterocycles. The molecule has 1 rings (SSSR count). The Morgan fingerprint density at radius 3 is 2.60 bits per heavy atom. The molecular formula is C9H11N. The lowest BCUT2D eigenvalue weighted by atomic mass is 10.1. The fourth-order valence-electron chi connectivity index (χ4n) is 0.758. The smallest absolute Gasteiger partial charge is 0.0626 e. The van der Waals surface area contributed by atoms with E-state index in [9.17, 15) is 0 Å². The molecule has 1 heterocycles. The number of rotatable bonds is 1. The van der Waals surface area contributed by atoms with Crippen molar-refractivity contribution in [2.75, 3.05) is 0 Å². The van der Waals surface area contributed by atoms with Crippen molar-refractivity contribution in [3.8, 4) is 0 Å². The van der Waals surface area contributed by atoms with Crippen LogP contribution in [0.2, 0.25) is 0 Å². The largest absolute Gasteiger partial charge is 0.257 e. The van der Waals surface area contributed by atoms with Gasteiger partial charge in [0.1, 0.15) is 0 Å². The van der Waals surface area contributed by atoms with E-state index in [1.165, 1.54) is 11.1 Å². The summed E-state index contributed by atoms with van der Waals surface area (Å²) in [4.78, 5) is 4.14. The van der Waals surface area contributed by atoms with Crippen LogP contribution in [-0.2, 0) is 0 Å². The van der Waals surface area contributed by atoms with Gasteiger partial charge < -0.3 is 0 Å². The molecule has 0 atom stereocenters. The summed E-state index contributed by atoms with van der Waals surface area (Å²) < 4.78 is 0. The molecule has 0 bridgehead atoms. The quantitative estimate of drug-likeness (QED) is 0.573. The zero-order valence-corrected chi connectivity index (χ0v) is 6.39. The van der Waals surface area contributed by atoms with Gasteiger partial charge >= 0.3 is 0 Å². The molecule has 1 aromatic rings. The number of hydrogen-bond donors (Lipinski definition) is 0. The van der Waals surface area contributed by atoms with Gasteiger partial charge in [0.25, 0.3) is 0 Å². The van der Waals surface area contributed by atoms with E-state index in [2.05, 4.69) is 25.4 Å². The third-order valence-electron chi connectivity index (χ3n) is 1.60. The van der Waals surface area contributed by atoms with Crippen LogP contribution in [0.3, 0.4) is 0 Å². The Bertz CT molecular complexity index is 251. The van der Waals surface area contributed by atoms with Gasteiger partial charge in [-0.25, -0.2) is 0 Å². The van der Waals surface area contributed by atoms with E-state index < -0.39 is 0 Å². The summed E-state index contributed by atoms with van der Waals surface area (Å²) in [6, 6.07) is 2.03. The molecule has 0 N–H and O–H groups in total. The first-order valence-corrected chi connectivity index (χ1v) is 3.29. The van der Waals surface area contributed by atoms with Crippen molar-refractivity contribution in [1.82, 2.24) is 4.98 Å². The Morgan fingerprint density at radius 2 is 2.10 bits per heavy atom. The molecule has 10 heavy (non-hydrogen) atoms. The van der Waals surface area contributed by atoms with Crippen molar-refractivity contribution in [2.24, 2.45) is 0 Å². The molecule has 0 spiro atoms. The average molecular weight is 133 g/mol. The van der Waals surface area contributed by atoms with Crippen LogP contribution in [0.1, 0.15) is 16.8 Å². The molecule has 0 radical (unpaired) electrons.